The SMILES string of the molecule is C#CC#CC#CC#CC#CC(=O)OC[C@H](COP(=O)(O)OC1C(O)[C@@H](OP(=O)(O)O)C(OP(=O)(O)O)[C@@H](O)[C@H]1O)OC(=O)CCCCCCCCCCCCCCC. The van der Waals surface area contributed by atoms with Crippen LogP contribution in [0.4, 0.5) is 0 Å². The van der Waals surface area contributed by atoms with Gasteiger partial charge in [-0.1, -0.05) is 84.0 Å². The van der Waals surface area contributed by atoms with Crippen LogP contribution in [0.25, 0.3) is 0 Å². The molecule has 0 heterocycles. The minimum atomic E-state index is -5.62. The number of unbranched alkanes of at least 4 members (excludes halogenated alkanes) is 12. The first-order valence-corrected chi connectivity index (χ1v) is 22.9. The number of hydrogen-bond donors (Lipinski definition) is 8. The second-order valence-electron chi connectivity index (χ2n) is 12.8. The van der Waals surface area contributed by atoms with Crippen LogP contribution in [0.15, 0.2) is 0 Å². The van der Waals surface area contributed by atoms with E-state index in [2.05, 4.69) is 57.4 Å². The smallest absolute Gasteiger partial charge is 0.456 e. The molecule has 1 aliphatic carbocycles. The third-order valence-corrected chi connectivity index (χ3v) is 10.0. The maximum absolute atomic E-state index is 12.9. The Labute approximate surface area is 338 Å². The second-order valence-corrected chi connectivity index (χ2v) is 16.6. The average Bonchev–Trinajstić information content (AvgIpc) is 3.14. The van der Waals surface area contributed by atoms with E-state index in [-0.39, 0.29) is 6.42 Å². The molecule has 0 bridgehead atoms. The van der Waals surface area contributed by atoms with E-state index in [1.54, 1.807) is 0 Å². The largest absolute Gasteiger partial charge is 0.472 e. The molecule has 4 unspecified atom stereocenters. The van der Waals surface area contributed by atoms with Crippen molar-refractivity contribution in [3.63, 3.8) is 0 Å². The number of terminal acetylenes is 1. The minimum absolute atomic E-state index is 0.0746. The highest BCUT2D eigenvalue weighted by atomic mass is 31.2. The lowest BCUT2D eigenvalue weighted by Gasteiger charge is -2.44. The summed E-state index contributed by atoms with van der Waals surface area (Å²) in [5, 5.41) is 31.6. The topological polar surface area (TPSA) is 303 Å². The normalized spacial score (nSPS) is 21.7. The van der Waals surface area contributed by atoms with Gasteiger partial charge < -0.3 is 49.3 Å². The van der Waals surface area contributed by atoms with Crippen molar-refractivity contribution < 1.29 is 90.6 Å². The molecule has 0 radical (unpaired) electrons. The van der Waals surface area contributed by atoms with E-state index in [4.69, 9.17) is 34.7 Å². The molecule has 8 atom stereocenters. The molecule has 19 nitrogen and oxygen atoms in total. The fourth-order valence-electron chi connectivity index (χ4n) is 5.34. The number of hydrogen-bond acceptors (Lipinski definition) is 14. The molecule has 324 valence electrons. The fraction of sp³-hybridized carbons (Fsp3) is 0.667. The lowest BCUT2D eigenvalue weighted by molar-refractivity contribution is -0.213. The molecule has 0 aromatic heterocycles. The van der Waals surface area contributed by atoms with E-state index in [1.807, 2.05) is 11.8 Å². The van der Waals surface area contributed by atoms with Gasteiger partial charge in [0, 0.05) is 12.3 Å². The van der Waals surface area contributed by atoms with E-state index in [9.17, 15) is 53.3 Å². The number of phosphoric acid groups is 3. The van der Waals surface area contributed by atoms with Gasteiger partial charge in [-0.2, -0.15) is 0 Å². The Kier molecular flexibility index (Phi) is 26.0. The molecule has 0 saturated heterocycles. The lowest BCUT2D eigenvalue weighted by Crippen LogP contribution is -2.65. The number of esters is 2. The maximum atomic E-state index is 12.9. The maximum Gasteiger partial charge on any atom is 0.472 e. The van der Waals surface area contributed by atoms with Crippen molar-refractivity contribution in [1.82, 2.24) is 0 Å². The number of phosphoric ester groups is 3. The predicted molar refractivity (Wildman–Crippen MR) is 204 cm³/mol. The van der Waals surface area contributed by atoms with Gasteiger partial charge in [0.05, 0.1) is 6.61 Å². The van der Waals surface area contributed by atoms with Crippen molar-refractivity contribution >= 4 is 35.4 Å². The number of carbonyl (C=O) groups is 2. The van der Waals surface area contributed by atoms with E-state index in [0.717, 1.165) is 25.7 Å². The summed E-state index contributed by atoms with van der Waals surface area (Å²) in [5.74, 6) is 17.9. The number of aliphatic hydroxyl groups excluding tert-OH is 3. The molecular formula is C36H51O19P3. The van der Waals surface area contributed by atoms with Crippen molar-refractivity contribution in [1.29, 1.82) is 0 Å². The Hall–Kier alpha value is -3.05. The van der Waals surface area contributed by atoms with Crippen LogP contribution < -0.4 is 0 Å². The summed E-state index contributed by atoms with van der Waals surface area (Å²) >= 11 is 0. The first kappa shape index (κ1) is 53.0. The van der Waals surface area contributed by atoms with E-state index in [1.165, 1.54) is 44.9 Å². The lowest BCUT2D eigenvalue weighted by atomic mass is 9.85. The van der Waals surface area contributed by atoms with Crippen molar-refractivity contribution in [3.05, 3.63) is 0 Å². The highest BCUT2D eigenvalue weighted by Gasteiger charge is 2.56. The quantitative estimate of drug-likeness (QED) is 0.0203. The number of aliphatic hydroxyl groups is 3. The average molecular weight is 881 g/mol. The van der Waals surface area contributed by atoms with Crippen molar-refractivity contribution in [3.8, 4) is 59.7 Å². The van der Waals surface area contributed by atoms with Crippen LogP contribution in [-0.2, 0) is 50.9 Å². The van der Waals surface area contributed by atoms with Crippen LogP contribution in [0.2, 0.25) is 0 Å². The minimum Gasteiger partial charge on any atom is -0.456 e. The molecule has 22 heteroatoms. The van der Waals surface area contributed by atoms with Gasteiger partial charge >= 0.3 is 35.4 Å². The van der Waals surface area contributed by atoms with Crippen LogP contribution in [0.1, 0.15) is 96.8 Å². The summed E-state index contributed by atoms with van der Waals surface area (Å²) < 4.78 is 64.3. The molecule has 8 N–H and O–H groups in total. The first-order chi connectivity index (χ1) is 27.3. The number of rotatable bonds is 26. The molecule has 0 aromatic rings. The molecule has 1 rings (SSSR count). The van der Waals surface area contributed by atoms with Gasteiger partial charge in [-0.25, -0.2) is 18.5 Å². The van der Waals surface area contributed by atoms with E-state index < -0.39 is 91.3 Å². The molecule has 0 aliphatic heterocycles. The van der Waals surface area contributed by atoms with Crippen molar-refractivity contribution in [2.45, 2.75) is 140 Å². The summed E-state index contributed by atoms with van der Waals surface area (Å²) in [6.07, 6.45) is 2.00. The van der Waals surface area contributed by atoms with Gasteiger partial charge in [0.2, 0.25) is 0 Å². The zero-order valence-corrected chi connectivity index (χ0v) is 34.5. The second kappa shape index (κ2) is 28.4. The summed E-state index contributed by atoms with van der Waals surface area (Å²) in [5.41, 5.74) is 0. The molecule has 0 spiro atoms. The summed E-state index contributed by atoms with van der Waals surface area (Å²) in [6, 6.07) is 0. The number of ether oxygens (including phenoxy) is 2. The Morgan fingerprint density at radius 1 is 0.603 bits per heavy atom. The zero-order valence-electron chi connectivity index (χ0n) is 31.8. The summed E-state index contributed by atoms with van der Waals surface area (Å²) in [6.45, 7) is 0.379. The Balaban J connectivity index is 2.92. The Morgan fingerprint density at radius 2 is 1.05 bits per heavy atom. The molecule has 0 amide bonds. The van der Waals surface area contributed by atoms with Crippen LogP contribution in [-0.4, -0.2) is 108 Å². The predicted octanol–water partition coefficient (Wildman–Crippen LogP) is 2.12. The van der Waals surface area contributed by atoms with Crippen LogP contribution in [0.5, 0.6) is 0 Å². The monoisotopic (exact) mass is 880 g/mol. The highest BCUT2D eigenvalue weighted by molar-refractivity contribution is 7.47. The van der Waals surface area contributed by atoms with Crippen LogP contribution in [0.3, 0.4) is 0 Å². The summed E-state index contributed by atoms with van der Waals surface area (Å²) in [7, 11) is -16.7. The first-order valence-electron chi connectivity index (χ1n) is 18.3. The summed E-state index contributed by atoms with van der Waals surface area (Å²) in [4.78, 5) is 72.1. The van der Waals surface area contributed by atoms with E-state index in [0.29, 0.717) is 12.8 Å². The van der Waals surface area contributed by atoms with Gasteiger partial charge in [-0.3, -0.25) is 22.9 Å². The van der Waals surface area contributed by atoms with Gasteiger partial charge in [-0.15, -0.1) is 6.42 Å². The van der Waals surface area contributed by atoms with Crippen LogP contribution >= 0.6 is 23.5 Å². The third-order valence-electron chi connectivity index (χ3n) is 8.01. The van der Waals surface area contributed by atoms with Gasteiger partial charge in [0.1, 0.15) is 43.2 Å². The molecule has 1 fully saturated rings. The van der Waals surface area contributed by atoms with Gasteiger partial charge in [0.15, 0.2) is 6.10 Å². The molecule has 58 heavy (non-hydrogen) atoms. The van der Waals surface area contributed by atoms with Crippen molar-refractivity contribution in [2.24, 2.45) is 0 Å². The third kappa shape index (κ3) is 24.8. The van der Waals surface area contributed by atoms with E-state index >= 15 is 0 Å². The number of carbonyl (C=O) groups excluding carboxylic acids is 2. The Bertz CT molecular complexity index is 1740. The van der Waals surface area contributed by atoms with Gasteiger partial charge in [0.25, 0.3) is 0 Å². The molecule has 1 aliphatic rings. The molecule has 0 aromatic carbocycles. The molecule has 1 saturated carbocycles. The Morgan fingerprint density at radius 3 is 1.55 bits per heavy atom. The zero-order chi connectivity index (χ0) is 43.6. The van der Waals surface area contributed by atoms with Crippen LogP contribution in [0, 0.1) is 59.7 Å². The molecular weight excluding hydrogens is 829 g/mol. The standard InChI is InChI=1S/C36H51O19P3/c1-3-5-7-9-11-13-14-15-16-17-19-21-23-25-30(38)52-28(26-50-29(37)24-22-20-18-12-10-8-6-4-2)27-51-58(48,49)55-34-31(39)32(40)35(53-56(42,43)44)36(33(34)41)54-57(45,46)47/h2,28,31-36,39-41H,3,5,7,9,11,13-17,19,21,23,25-27H2,1H3,(H,48,49)(H2,42,43,44)(H2,45,46,47)/t28-,31-,32+,33?,34?,35?,36-/m1/s1. The fourth-order valence-corrected chi connectivity index (χ4v) is 7.44. The van der Waals surface area contributed by atoms with Crippen molar-refractivity contribution in [2.75, 3.05) is 13.2 Å². The van der Waals surface area contributed by atoms with Gasteiger partial charge in [-0.05, 0) is 53.8 Å². The highest BCUT2D eigenvalue weighted by Crippen LogP contribution is 2.51.